The van der Waals surface area contributed by atoms with Crippen molar-refractivity contribution < 1.29 is 9.53 Å². The molecular formula is C19H18N2O3S. The van der Waals surface area contributed by atoms with E-state index in [4.69, 9.17) is 4.74 Å². The number of benzene rings is 1. The van der Waals surface area contributed by atoms with E-state index >= 15 is 0 Å². The van der Waals surface area contributed by atoms with Gasteiger partial charge in [-0.3, -0.25) is 9.20 Å². The molecule has 0 aliphatic carbocycles. The average molecular weight is 354 g/mol. The Morgan fingerprint density at radius 1 is 1.20 bits per heavy atom. The Labute approximate surface area is 149 Å². The molecule has 3 rings (SSSR count). The highest BCUT2D eigenvalue weighted by Crippen LogP contribution is 2.23. The number of carbonyl (C=O) groups is 1. The second-order valence-corrected chi connectivity index (χ2v) is 6.76. The van der Waals surface area contributed by atoms with Crippen molar-refractivity contribution in [1.82, 2.24) is 9.38 Å². The van der Waals surface area contributed by atoms with Gasteiger partial charge in [0.15, 0.2) is 0 Å². The van der Waals surface area contributed by atoms with E-state index in [0.29, 0.717) is 16.9 Å². The minimum absolute atomic E-state index is 0.0381. The fraction of sp³-hybridized carbons (Fsp3) is 0.211. The summed E-state index contributed by atoms with van der Waals surface area (Å²) in [6, 6.07) is 14.2. The molecule has 0 N–H and O–H groups in total. The maximum absolute atomic E-state index is 12.4. The molecule has 0 aliphatic rings. The summed E-state index contributed by atoms with van der Waals surface area (Å²) in [6.45, 7) is 3.84. The monoisotopic (exact) mass is 354 g/mol. The summed E-state index contributed by atoms with van der Waals surface area (Å²) in [7, 11) is 0. The molecule has 1 aromatic carbocycles. The average Bonchev–Trinajstić information content (AvgIpc) is 2.60. The van der Waals surface area contributed by atoms with E-state index in [-0.39, 0.29) is 12.2 Å². The van der Waals surface area contributed by atoms with Crippen LogP contribution in [0.1, 0.15) is 28.7 Å². The van der Waals surface area contributed by atoms with Crippen molar-refractivity contribution in [2.75, 3.05) is 5.75 Å². The van der Waals surface area contributed by atoms with E-state index in [1.165, 1.54) is 10.5 Å². The molecule has 0 saturated heterocycles. The SMILES string of the molecule is CCSc1ccccc1C(=O)OCc1cc(=O)n2c(C)cccc2n1. The van der Waals surface area contributed by atoms with E-state index in [1.807, 2.05) is 38.1 Å². The van der Waals surface area contributed by atoms with Gasteiger partial charge in [-0.25, -0.2) is 9.78 Å². The van der Waals surface area contributed by atoms with Gasteiger partial charge in [0.2, 0.25) is 0 Å². The molecule has 0 unspecified atom stereocenters. The third-order valence-electron chi connectivity index (χ3n) is 3.69. The number of hydrogen-bond acceptors (Lipinski definition) is 5. The predicted octanol–water partition coefficient (Wildman–Crippen LogP) is 3.47. The lowest BCUT2D eigenvalue weighted by Crippen LogP contribution is -2.18. The highest BCUT2D eigenvalue weighted by atomic mass is 32.2. The third kappa shape index (κ3) is 3.74. The number of rotatable bonds is 5. The predicted molar refractivity (Wildman–Crippen MR) is 98.2 cm³/mol. The molecule has 0 spiro atoms. The standard InChI is InChI=1S/C19H18N2O3S/c1-3-25-16-9-5-4-8-15(16)19(23)24-12-14-11-18(22)21-13(2)7-6-10-17(21)20-14/h4-11H,3,12H2,1-2H3. The van der Waals surface area contributed by atoms with Gasteiger partial charge in [0.05, 0.1) is 11.3 Å². The molecule has 0 aliphatic heterocycles. The highest BCUT2D eigenvalue weighted by molar-refractivity contribution is 7.99. The summed E-state index contributed by atoms with van der Waals surface area (Å²) >= 11 is 1.59. The van der Waals surface area contributed by atoms with E-state index in [2.05, 4.69) is 4.98 Å². The van der Waals surface area contributed by atoms with E-state index < -0.39 is 5.97 Å². The molecule has 0 saturated carbocycles. The van der Waals surface area contributed by atoms with Crippen LogP contribution in [0.15, 0.2) is 58.2 Å². The number of carbonyl (C=O) groups excluding carboxylic acids is 1. The zero-order chi connectivity index (χ0) is 17.8. The van der Waals surface area contributed by atoms with Crippen molar-refractivity contribution in [3.63, 3.8) is 0 Å². The van der Waals surface area contributed by atoms with Gasteiger partial charge in [-0.2, -0.15) is 0 Å². The van der Waals surface area contributed by atoms with Crippen LogP contribution >= 0.6 is 11.8 Å². The number of pyridine rings is 1. The molecular weight excluding hydrogens is 336 g/mol. The van der Waals surface area contributed by atoms with Crippen LogP contribution in [-0.4, -0.2) is 21.1 Å². The largest absolute Gasteiger partial charge is 0.456 e. The lowest BCUT2D eigenvalue weighted by molar-refractivity contribution is 0.0463. The molecule has 6 heteroatoms. The van der Waals surface area contributed by atoms with E-state index in [0.717, 1.165) is 16.3 Å². The topological polar surface area (TPSA) is 60.7 Å². The Bertz CT molecular complexity index is 982. The van der Waals surface area contributed by atoms with Crippen molar-refractivity contribution in [2.24, 2.45) is 0 Å². The maximum Gasteiger partial charge on any atom is 0.339 e. The number of esters is 1. The first kappa shape index (κ1) is 17.2. The number of aromatic nitrogens is 2. The van der Waals surface area contributed by atoms with E-state index in [9.17, 15) is 9.59 Å². The number of aryl methyl sites for hydroxylation is 1. The molecule has 0 bridgehead atoms. The molecule has 25 heavy (non-hydrogen) atoms. The lowest BCUT2D eigenvalue weighted by Gasteiger charge is -2.09. The first-order chi connectivity index (χ1) is 12.1. The van der Waals surface area contributed by atoms with Gasteiger partial charge in [-0.05, 0) is 36.9 Å². The molecule has 2 heterocycles. The molecule has 0 atom stereocenters. The Balaban J connectivity index is 1.81. The minimum Gasteiger partial charge on any atom is -0.456 e. The molecule has 5 nitrogen and oxygen atoms in total. The lowest BCUT2D eigenvalue weighted by atomic mass is 10.2. The number of nitrogens with zero attached hydrogens (tertiary/aromatic N) is 2. The minimum atomic E-state index is -0.414. The Kier molecular flexibility index (Phi) is 5.19. The van der Waals surface area contributed by atoms with Gasteiger partial charge < -0.3 is 4.74 Å². The van der Waals surface area contributed by atoms with Crippen LogP contribution in [0, 0.1) is 6.92 Å². The summed E-state index contributed by atoms with van der Waals surface area (Å²) in [5.74, 6) is 0.454. The second kappa shape index (κ2) is 7.53. The van der Waals surface area contributed by atoms with Gasteiger partial charge in [0, 0.05) is 16.7 Å². The molecule has 3 aromatic rings. The fourth-order valence-electron chi connectivity index (χ4n) is 2.57. The highest BCUT2D eigenvalue weighted by Gasteiger charge is 2.13. The quantitative estimate of drug-likeness (QED) is 0.519. The van der Waals surface area contributed by atoms with Gasteiger partial charge in [-0.15, -0.1) is 11.8 Å². The summed E-state index contributed by atoms with van der Waals surface area (Å²) in [4.78, 5) is 29.9. The number of fused-ring (bicyclic) bond motifs is 1. The summed E-state index contributed by atoms with van der Waals surface area (Å²) < 4.78 is 6.90. The second-order valence-electron chi connectivity index (χ2n) is 5.45. The van der Waals surface area contributed by atoms with Crippen LogP contribution in [-0.2, 0) is 11.3 Å². The van der Waals surface area contributed by atoms with Crippen molar-refractivity contribution >= 4 is 23.4 Å². The van der Waals surface area contributed by atoms with Gasteiger partial charge in [-0.1, -0.05) is 25.1 Å². The first-order valence-electron chi connectivity index (χ1n) is 7.97. The van der Waals surface area contributed by atoms with Crippen molar-refractivity contribution in [1.29, 1.82) is 0 Å². The zero-order valence-electron chi connectivity index (χ0n) is 14.1. The molecule has 0 fully saturated rings. The van der Waals surface area contributed by atoms with Gasteiger partial charge in [0.1, 0.15) is 12.3 Å². The summed E-state index contributed by atoms with van der Waals surface area (Å²) in [6.07, 6.45) is 0. The third-order valence-corrected chi connectivity index (χ3v) is 4.65. The fourth-order valence-corrected chi connectivity index (χ4v) is 3.36. The van der Waals surface area contributed by atoms with Crippen LogP contribution in [0.25, 0.3) is 5.65 Å². The van der Waals surface area contributed by atoms with Crippen molar-refractivity contribution in [3.05, 3.63) is 75.8 Å². The van der Waals surface area contributed by atoms with Gasteiger partial charge >= 0.3 is 5.97 Å². The van der Waals surface area contributed by atoms with Gasteiger partial charge in [0.25, 0.3) is 5.56 Å². The first-order valence-corrected chi connectivity index (χ1v) is 8.96. The number of thioether (sulfide) groups is 1. The molecule has 128 valence electrons. The van der Waals surface area contributed by atoms with Crippen LogP contribution in [0.4, 0.5) is 0 Å². The van der Waals surface area contributed by atoms with Crippen molar-refractivity contribution in [2.45, 2.75) is 25.3 Å². The summed E-state index contributed by atoms with van der Waals surface area (Å²) in [5, 5.41) is 0. The number of hydrogen-bond donors (Lipinski definition) is 0. The Morgan fingerprint density at radius 3 is 2.80 bits per heavy atom. The Hall–Kier alpha value is -2.60. The zero-order valence-corrected chi connectivity index (χ0v) is 14.9. The van der Waals surface area contributed by atoms with Crippen LogP contribution in [0.2, 0.25) is 0 Å². The maximum atomic E-state index is 12.4. The molecule has 0 radical (unpaired) electrons. The van der Waals surface area contributed by atoms with E-state index in [1.54, 1.807) is 30.0 Å². The Morgan fingerprint density at radius 2 is 2.00 bits per heavy atom. The smallest absolute Gasteiger partial charge is 0.339 e. The van der Waals surface area contributed by atoms with Crippen LogP contribution in [0.3, 0.4) is 0 Å². The molecule has 0 amide bonds. The van der Waals surface area contributed by atoms with Crippen LogP contribution < -0.4 is 5.56 Å². The van der Waals surface area contributed by atoms with Crippen molar-refractivity contribution in [3.8, 4) is 0 Å². The summed E-state index contributed by atoms with van der Waals surface area (Å²) in [5.41, 5.74) is 2.13. The molecule has 2 aromatic heterocycles. The normalized spacial score (nSPS) is 10.8. The van der Waals surface area contributed by atoms with Crippen LogP contribution in [0.5, 0.6) is 0 Å². The number of ether oxygens (including phenoxy) is 1.